The van der Waals surface area contributed by atoms with Crippen LogP contribution in [0.3, 0.4) is 0 Å². The second-order valence-electron chi connectivity index (χ2n) is 7.33. The smallest absolute Gasteiger partial charge is 0.224 e. The molecule has 0 radical (unpaired) electrons. The van der Waals surface area contributed by atoms with Gasteiger partial charge in [-0.2, -0.15) is 5.10 Å². The maximum absolute atomic E-state index is 12.6. The molecule has 1 aliphatic heterocycles. The third-order valence-corrected chi connectivity index (χ3v) is 5.56. The van der Waals surface area contributed by atoms with Gasteiger partial charge in [0.05, 0.1) is 12.5 Å². The van der Waals surface area contributed by atoms with Crippen LogP contribution in [0, 0.1) is 5.92 Å². The summed E-state index contributed by atoms with van der Waals surface area (Å²) in [6.45, 7) is 2.43. The second-order valence-corrected chi connectivity index (χ2v) is 7.33. The van der Waals surface area contributed by atoms with Gasteiger partial charge < -0.3 is 5.32 Å². The number of rotatable bonds is 5. The maximum atomic E-state index is 12.6. The lowest BCUT2D eigenvalue weighted by Crippen LogP contribution is -2.46. The average molecular weight is 354 g/mol. The summed E-state index contributed by atoms with van der Waals surface area (Å²) in [5.41, 5.74) is 0.910. The fourth-order valence-electron chi connectivity index (χ4n) is 4.14. The number of carbonyl (C=O) groups is 1. The van der Waals surface area contributed by atoms with Gasteiger partial charge in [0.1, 0.15) is 5.82 Å². The van der Waals surface area contributed by atoms with Gasteiger partial charge in [-0.05, 0) is 44.4 Å². The lowest BCUT2D eigenvalue weighted by Gasteiger charge is -2.36. The van der Waals surface area contributed by atoms with Crippen molar-refractivity contribution in [2.24, 2.45) is 5.92 Å². The van der Waals surface area contributed by atoms with Gasteiger partial charge in [-0.1, -0.05) is 12.8 Å². The van der Waals surface area contributed by atoms with Gasteiger partial charge in [-0.3, -0.25) is 19.8 Å². The molecule has 3 heterocycles. The molecule has 2 aromatic heterocycles. The fraction of sp³-hybridized carbons (Fsp3) is 0.579. The van der Waals surface area contributed by atoms with Gasteiger partial charge in [0.25, 0.3) is 0 Å². The van der Waals surface area contributed by atoms with Crippen LogP contribution >= 0.6 is 0 Å². The third kappa shape index (κ3) is 3.93. The lowest BCUT2D eigenvalue weighted by atomic mass is 9.95. The number of H-pyrrole nitrogens is 1. The Balaban J connectivity index is 1.30. The van der Waals surface area contributed by atoms with E-state index in [0.29, 0.717) is 24.2 Å². The Morgan fingerprint density at radius 1 is 1.19 bits per heavy atom. The quantitative estimate of drug-likeness (QED) is 0.859. The predicted molar refractivity (Wildman–Crippen MR) is 98.0 cm³/mol. The zero-order chi connectivity index (χ0) is 17.8. The molecule has 2 N–H and O–H groups in total. The normalized spacial score (nSPS) is 21.8. The maximum Gasteiger partial charge on any atom is 0.224 e. The molecular weight excluding hydrogens is 328 g/mol. The zero-order valence-corrected chi connectivity index (χ0v) is 15.0. The molecule has 1 saturated carbocycles. The first-order valence-corrected chi connectivity index (χ1v) is 9.63. The number of aromatic nitrogens is 4. The first kappa shape index (κ1) is 17.1. The molecule has 138 valence electrons. The zero-order valence-electron chi connectivity index (χ0n) is 15.0. The summed E-state index contributed by atoms with van der Waals surface area (Å²) in [7, 11) is 0. The van der Waals surface area contributed by atoms with Crippen molar-refractivity contribution in [1.29, 1.82) is 0 Å². The summed E-state index contributed by atoms with van der Waals surface area (Å²) in [4.78, 5) is 23.6. The van der Waals surface area contributed by atoms with E-state index in [9.17, 15) is 4.79 Å². The van der Waals surface area contributed by atoms with E-state index >= 15 is 0 Å². The van der Waals surface area contributed by atoms with E-state index in [4.69, 9.17) is 0 Å². The van der Waals surface area contributed by atoms with Crippen LogP contribution in [0.2, 0.25) is 0 Å². The van der Waals surface area contributed by atoms with E-state index < -0.39 is 0 Å². The molecule has 7 nitrogen and oxygen atoms in total. The van der Waals surface area contributed by atoms with Gasteiger partial charge in [-0.15, -0.1) is 0 Å². The molecule has 0 bridgehead atoms. The number of nitrogens with one attached hydrogen (secondary N) is 2. The topological polar surface area (TPSA) is 86.8 Å². The molecule has 0 spiro atoms. The molecule has 0 unspecified atom stereocenters. The standard InChI is InChI=1S/C19H26N6O/c26-19(15-4-3-11-25(13-15)16-5-1-2-6-16)21-12-17-22-18(24-23-17)14-7-9-20-10-8-14/h7-10,15-16H,1-6,11-13H2,(H,21,26)(H,22,23,24)/t15-/m0/s1. The van der Waals surface area contributed by atoms with E-state index in [2.05, 4.69) is 30.4 Å². The highest BCUT2D eigenvalue weighted by atomic mass is 16.1. The molecule has 1 atom stereocenters. The predicted octanol–water partition coefficient (Wildman–Crippen LogP) is 2.14. The number of hydrogen-bond acceptors (Lipinski definition) is 5. The summed E-state index contributed by atoms with van der Waals surface area (Å²) in [6.07, 6.45) is 10.8. The largest absolute Gasteiger partial charge is 0.349 e. The van der Waals surface area contributed by atoms with Crippen LogP contribution in [0.15, 0.2) is 24.5 Å². The molecule has 2 aliphatic rings. The van der Waals surface area contributed by atoms with E-state index in [1.807, 2.05) is 12.1 Å². The van der Waals surface area contributed by atoms with Crippen molar-refractivity contribution < 1.29 is 4.79 Å². The molecule has 7 heteroatoms. The van der Waals surface area contributed by atoms with Gasteiger partial charge >= 0.3 is 0 Å². The van der Waals surface area contributed by atoms with Crippen molar-refractivity contribution >= 4 is 5.91 Å². The monoisotopic (exact) mass is 354 g/mol. The van der Waals surface area contributed by atoms with Crippen LogP contribution < -0.4 is 5.32 Å². The number of amides is 1. The van der Waals surface area contributed by atoms with E-state index in [-0.39, 0.29) is 11.8 Å². The van der Waals surface area contributed by atoms with Crippen molar-refractivity contribution in [3.63, 3.8) is 0 Å². The van der Waals surface area contributed by atoms with Gasteiger partial charge in [0, 0.05) is 30.5 Å². The number of pyridine rings is 1. The van der Waals surface area contributed by atoms with Crippen LogP contribution in [-0.4, -0.2) is 50.1 Å². The Bertz CT molecular complexity index is 725. The van der Waals surface area contributed by atoms with Crippen molar-refractivity contribution in [2.45, 2.75) is 51.1 Å². The minimum absolute atomic E-state index is 0.0898. The first-order valence-electron chi connectivity index (χ1n) is 9.63. The highest BCUT2D eigenvalue weighted by Crippen LogP contribution is 2.28. The molecule has 26 heavy (non-hydrogen) atoms. The minimum Gasteiger partial charge on any atom is -0.349 e. The summed E-state index contributed by atoms with van der Waals surface area (Å²) >= 11 is 0. The second kappa shape index (κ2) is 7.95. The highest BCUT2D eigenvalue weighted by molar-refractivity contribution is 5.78. The van der Waals surface area contributed by atoms with Gasteiger partial charge in [0.2, 0.25) is 5.91 Å². The summed E-state index contributed by atoms with van der Waals surface area (Å²) < 4.78 is 0. The van der Waals surface area contributed by atoms with Crippen LogP contribution in [0.1, 0.15) is 44.3 Å². The van der Waals surface area contributed by atoms with Crippen molar-refractivity contribution in [3.05, 3.63) is 30.4 Å². The van der Waals surface area contributed by atoms with E-state index in [1.165, 1.54) is 25.7 Å². The number of piperidine rings is 1. The molecule has 2 fully saturated rings. The van der Waals surface area contributed by atoms with Crippen molar-refractivity contribution in [1.82, 2.24) is 30.4 Å². The number of likely N-dealkylation sites (tertiary alicyclic amines) is 1. The molecular formula is C19H26N6O. The SMILES string of the molecule is O=C(NCc1nc(-c2ccncc2)n[nH]1)[C@H]1CCCN(C2CCCC2)C1. The Morgan fingerprint density at radius 3 is 2.81 bits per heavy atom. The molecule has 4 rings (SSSR count). The van der Waals surface area contributed by atoms with E-state index in [0.717, 1.165) is 31.5 Å². The molecule has 2 aromatic rings. The minimum atomic E-state index is 0.0898. The lowest BCUT2D eigenvalue weighted by molar-refractivity contribution is -0.127. The van der Waals surface area contributed by atoms with Crippen LogP contribution in [-0.2, 0) is 11.3 Å². The Kier molecular flexibility index (Phi) is 5.24. The van der Waals surface area contributed by atoms with Gasteiger partial charge in [-0.25, -0.2) is 4.98 Å². The van der Waals surface area contributed by atoms with Crippen molar-refractivity contribution in [3.8, 4) is 11.4 Å². The average Bonchev–Trinajstić information content (AvgIpc) is 3.39. The molecule has 0 aromatic carbocycles. The van der Waals surface area contributed by atoms with Gasteiger partial charge in [0.15, 0.2) is 5.82 Å². The molecule has 1 aliphatic carbocycles. The van der Waals surface area contributed by atoms with Crippen LogP contribution in [0.4, 0.5) is 0 Å². The molecule has 1 amide bonds. The summed E-state index contributed by atoms with van der Waals surface area (Å²) in [5, 5.41) is 10.2. The third-order valence-electron chi connectivity index (χ3n) is 5.56. The Morgan fingerprint density at radius 2 is 2.00 bits per heavy atom. The summed E-state index contributed by atoms with van der Waals surface area (Å²) in [6, 6.07) is 4.43. The van der Waals surface area contributed by atoms with E-state index in [1.54, 1.807) is 12.4 Å². The van der Waals surface area contributed by atoms with Crippen molar-refractivity contribution in [2.75, 3.05) is 13.1 Å². The Hall–Kier alpha value is -2.28. The first-order chi connectivity index (χ1) is 12.8. The number of carbonyl (C=O) groups excluding carboxylic acids is 1. The number of nitrogens with zero attached hydrogens (tertiary/aromatic N) is 4. The Labute approximate surface area is 153 Å². The van der Waals surface area contributed by atoms with Crippen LogP contribution in [0.5, 0.6) is 0 Å². The number of hydrogen-bond donors (Lipinski definition) is 2. The molecule has 1 saturated heterocycles. The van der Waals surface area contributed by atoms with Crippen LogP contribution in [0.25, 0.3) is 11.4 Å². The highest BCUT2D eigenvalue weighted by Gasteiger charge is 2.30. The number of aromatic amines is 1. The summed E-state index contributed by atoms with van der Waals surface area (Å²) in [5.74, 6) is 1.52. The fourth-order valence-corrected chi connectivity index (χ4v) is 4.14.